The number of aryl methyl sites for hydroxylation is 2. The quantitative estimate of drug-likeness (QED) is 0.847. The number of nitrogens with zero attached hydrogens (tertiary/aromatic N) is 1. The molecule has 0 bridgehead atoms. The van der Waals surface area contributed by atoms with Gasteiger partial charge < -0.3 is 10.2 Å². The van der Waals surface area contributed by atoms with E-state index in [9.17, 15) is 9.59 Å². The molecule has 4 nitrogen and oxygen atoms in total. The Morgan fingerprint density at radius 2 is 2.14 bits per heavy atom. The van der Waals surface area contributed by atoms with Gasteiger partial charge in [0.25, 0.3) is 0 Å². The number of benzene rings is 1. The minimum absolute atomic E-state index is 0.00426. The smallest absolute Gasteiger partial charge is 0.227 e. The van der Waals surface area contributed by atoms with Crippen LogP contribution in [-0.4, -0.2) is 24.9 Å². The zero-order chi connectivity index (χ0) is 15.4. The highest BCUT2D eigenvalue weighted by Gasteiger charge is 2.35. The van der Waals surface area contributed by atoms with Crippen LogP contribution in [0.4, 0.5) is 5.69 Å². The second-order valence-corrected chi connectivity index (χ2v) is 5.84. The molecule has 2 amide bonds. The van der Waals surface area contributed by atoms with Crippen molar-refractivity contribution in [1.29, 1.82) is 0 Å². The lowest BCUT2D eigenvalue weighted by molar-refractivity contribution is -0.126. The van der Waals surface area contributed by atoms with Gasteiger partial charge in [0.2, 0.25) is 11.8 Å². The Hall–Kier alpha value is -1.84. The monoisotopic (exact) mass is 288 g/mol. The Kier molecular flexibility index (Phi) is 4.99. The zero-order valence-electron chi connectivity index (χ0n) is 13.1. The number of anilines is 1. The third-order valence-electron chi connectivity index (χ3n) is 3.98. The van der Waals surface area contributed by atoms with Crippen LogP contribution >= 0.6 is 0 Å². The van der Waals surface area contributed by atoms with E-state index in [1.807, 2.05) is 32.0 Å². The van der Waals surface area contributed by atoms with Gasteiger partial charge in [0.05, 0.1) is 5.92 Å². The average molecular weight is 288 g/mol. The average Bonchev–Trinajstić information content (AvgIpc) is 2.84. The molecule has 0 radical (unpaired) electrons. The first-order valence-corrected chi connectivity index (χ1v) is 7.68. The molecule has 21 heavy (non-hydrogen) atoms. The van der Waals surface area contributed by atoms with Crippen LogP contribution in [0.15, 0.2) is 18.2 Å². The van der Waals surface area contributed by atoms with Crippen molar-refractivity contribution >= 4 is 17.5 Å². The fourth-order valence-corrected chi connectivity index (χ4v) is 2.66. The standard InChI is InChI=1S/C17H24N2O2/c1-4-5-8-18-17(21)14-10-16(20)19(11-14)15-9-12(2)6-7-13(15)3/h6-7,9,14H,4-5,8,10-11H2,1-3H3,(H,18,21). The zero-order valence-corrected chi connectivity index (χ0v) is 13.1. The van der Waals surface area contributed by atoms with E-state index in [2.05, 4.69) is 12.2 Å². The Bertz CT molecular complexity index is 540. The highest BCUT2D eigenvalue weighted by Crippen LogP contribution is 2.28. The predicted octanol–water partition coefficient (Wildman–Crippen LogP) is 2.57. The Morgan fingerprint density at radius 3 is 2.86 bits per heavy atom. The second-order valence-electron chi connectivity index (χ2n) is 5.84. The summed E-state index contributed by atoms with van der Waals surface area (Å²) < 4.78 is 0. The maximum atomic E-state index is 12.2. The summed E-state index contributed by atoms with van der Waals surface area (Å²) in [6.45, 7) is 7.28. The van der Waals surface area contributed by atoms with E-state index in [1.165, 1.54) is 0 Å². The molecular weight excluding hydrogens is 264 g/mol. The lowest BCUT2D eigenvalue weighted by Crippen LogP contribution is -2.33. The van der Waals surface area contributed by atoms with Crippen LogP contribution in [0.25, 0.3) is 0 Å². The molecule has 0 saturated carbocycles. The van der Waals surface area contributed by atoms with Crippen molar-refractivity contribution in [3.63, 3.8) is 0 Å². The molecule has 1 N–H and O–H groups in total. The van der Waals surface area contributed by atoms with Crippen molar-refractivity contribution in [1.82, 2.24) is 5.32 Å². The van der Waals surface area contributed by atoms with Crippen LogP contribution in [0, 0.1) is 19.8 Å². The Morgan fingerprint density at radius 1 is 1.38 bits per heavy atom. The number of carbonyl (C=O) groups excluding carboxylic acids is 2. The van der Waals surface area contributed by atoms with Gasteiger partial charge in [-0.1, -0.05) is 25.5 Å². The largest absolute Gasteiger partial charge is 0.356 e. The Balaban J connectivity index is 2.05. The SMILES string of the molecule is CCCCNC(=O)C1CC(=O)N(c2cc(C)ccc2C)C1. The van der Waals surface area contributed by atoms with Crippen molar-refractivity contribution in [3.05, 3.63) is 29.3 Å². The summed E-state index contributed by atoms with van der Waals surface area (Å²) in [6.07, 6.45) is 2.34. The van der Waals surface area contributed by atoms with Crippen molar-refractivity contribution in [2.24, 2.45) is 5.92 Å². The van der Waals surface area contributed by atoms with Gasteiger partial charge in [-0.05, 0) is 37.5 Å². The summed E-state index contributed by atoms with van der Waals surface area (Å²) >= 11 is 0. The van der Waals surface area contributed by atoms with Gasteiger partial charge in [-0.15, -0.1) is 0 Å². The third-order valence-corrected chi connectivity index (χ3v) is 3.98. The van der Waals surface area contributed by atoms with Crippen molar-refractivity contribution in [2.75, 3.05) is 18.0 Å². The number of hydrogen-bond donors (Lipinski definition) is 1. The molecule has 1 heterocycles. The highest BCUT2D eigenvalue weighted by molar-refractivity contribution is 6.00. The number of rotatable bonds is 5. The molecule has 1 aromatic carbocycles. The van der Waals surface area contributed by atoms with Gasteiger partial charge in [0.15, 0.2) is 0 Å². The number of carbonyl (C=O) groups is 2. The highest BCUT2D eigenvalue weighted by atomic mass is 16.2. The maximum absolute atomic E-state index is 12.2. The minimum Gasteiger partial charge on any atom is -0.356 e. The molecule has 1 saturated heterocycles. The molecular formula is C17H24N2O2. The van der Waals surface area contributed by atoms with Crippen molar-refractivity contribution < 1.29 is 9.59 Å². The normalized spacial score (nSPS) is 18.1. The summed E-state index contributed by atoms with van der Waals surface area (Å²) in [7, 11) is 0. The number of amides is 2. The van der Waals surface area contributed by atoms with Crippen LogP contribution in [0.1, 0.15) is 37.3 Å². The van der Waals surface area contributed by atoms with E-state index < -0.39 is 0 Å². The predicted molar refractivity (Wildman–Crippen MR) is 84.3 cm³/mol. The van der Waals surface area contributed by atoms with Gasteiger partial charge in [-0.2, -0.15) is 0 Å². The summed E-state index contributed by atoms with van der Waals surface area (Å²) in [6, 6.07) is 6.07. The first-order chi connectivity index (χ1) is 10.0. The molecule has 1 atom stereocenters. The van der Waals surface area contributed by atoms with E-state index in [0.717, 1.165) is 29.7 Å². The fourth-order valence-electron chi connectivity index (χ4n) is 2.66. The van der Waals surface area contributed by atoms with E-state index in [-0.39, 0.29) is 17.7 Å². The number of unbranched alkanes of at least 4 members (excludes halogenated alkanes) is 1. The van der Waals surface area contributed by atoms with Crippen LogP contribution in [0.5, 0.6) is 0 Å². The topological polar surface area (TPSA) is 49.4 Å². The molecule has 1 aromatic rings. The van der Waals surface area contributed by atoms with E-state index in [1.54, 1.807) is 4.90 Å². The van der Waals surface area contributed by atoms with Gasteiger partial charge in [0, 0.05) is 25.2 Å². The summed E-state index contributed by atoms with van der Waals surface area (Å²) in [5, 5.41) is 2.93. The van der Waals surface area contributed by atoms with Gasteiger partial charge >= 0.3 is 0 Å². The van der Waals surface area contributed by atoms with Crippen LogP contribution in [0.3, 0.4) is 0 Å². The summed E-state index contributed by atoms with van der Waals surface area (Å²) in [5.74, 6) is -0.182. The van der Waals surface area contributed by atoms with E-state index in [0.29, 0.717) is 19.5 Å². The van der Waals surface area contributed by atoms with Crippen LogP contribution in [-0.2, 0) is 9.59 Å². The molecule has 1 fully saturated rings. The second kappa shape index (κ2) is 6.74. The first-order valence-electron chi connectivity index (χ1n) is 7.68. The molecule has 1 unspecified atom stereocenters. The molecule has 0 aliphatic carbocycles. The third kappa shape index (κ3) is 3.63. The molecule has 114 valence electrons. The molecule has 4 heteroatoms. The number of hydrogen-bond acceptors (Lipinski definition) is 2. The fraction of sp³-hybridized carbons (Fsp3) is 0.529. The molecule has 0 aromatic heterocycles. The van der Waals surface area contributed by atoms with Crippen LogP contribution < -0.4 is 10.2 Å². The van der Waals surface area contributed by atoms with E-state index in [4.69, 9.17) is 0 Å². The molecule has 1 aliphatic heterocycles. The van der Waals surface area contributed by atoms with Crippen molar-refractivity contribution in [3.8, 4) is 0 Å². The minimum atomic E-state index is -0.228. The summed E-state index contributed by atoms with van der Waals surface area (Å²) in [4.78, 5) is 26.1. The molecule has 0 spiro atoms. The summed E-state index contributed by atoms with van der Waals surface area (Å²) in [5.41, 5.74) is 3.13. The van der Waals surface area contributed by atoms with Gasteiger partial charge in [-0.3, -0.25) is 9.59 Å². The first kappa shape index (κ1) is 15.5. The molecule has 2 rings (SSSR count). The number of nitrogens with one attached hydrogen (secondary N) is 1. The lowest BCUT2D eigenvalue weighted by Gasteiger charge is -2.19. The van der Waals surface area contributed by atoms with Crippen molar-refractivity contribution in [2.45, 2.75) is 40.0 Å². The van der Waals surface area contributed by atoms with Gasteiger partial charge in [-0.25, -0.2) is 0 Å². The lowest BCUT2D eigenvalue weighted by atomic mass is 10.1. The Labute approximate surface area is 126 Å². The van der Waals surface area contributed by atoms with E-state index >= 15 is 0 Å². The maximum Gasteiger partial charge on any atom is 0.227 e. The van der Waals surface area contributed by atoms with Crippen LogP contribution in [0.2, 0.25) is 0 Å². The molecule has 1 aliphatic rings. The van der Waals surface area contributed by atoms with Gasteiger partial charge in [0.1, 0.15) is 0 Å².